The van der Waals surface area contributed by atoms with Gasteiger partial charge >= 0.3 is 12.2 Å². The lowest BCUT2D eigenvalue weighted by atomic mass is 10.0. The van der Waals surface area contributed by atoms with E-state index >= 15 is 0 Å². The number of ether oxygens (including phenoxy) is 1. The number of H-pyrrole nitrogens is 2. The molecule has 3 aromatic carbocycles. The maximum Gasteiger partial charge on any atom is 0.407 e. The van der Waals surface area contributed by atoms with Gasteiger partial charge in [0, 0.05) is 37.1 Å². The molecule has 0 radical (unpaired) electrons. The van der Waals surface area contributed by atoms with Crippen LogP contribution < -0.4 is 10.6 Å². The van der Waals surface area contributed by atoms with Crippen molar-refractivity contribution in [2.45, 2.75) is 43.9 Å². The van der Waals surface area contributed by atoms with Crippen molar-refractivity contribution in [3.8, 4) is 33.9 Å². The summed E-state index contributed by atoms with van der Waals surface area (Å²) >= 11 is 0. The van der Waals surface area contributed by atoms with Crippen LogP contribution in [0.3, 0.4) is 0 Å². The third kappa shape index (κ3) is 8.40. The van der Waals surface area contributed by atoms with Crippen LogP contribution in [0.15, 0.2) is 110 Å². The van der Waals surface area contributed by atoms with Crippen LogP contribution in [0, 0.1) is 0 Å². The van der Waals surface area contributed by atoms with Crippen LogP contribution in [0.4, 0.5) is 9.59 Å². The number of rotatable bonds is 12. The van der Waals surface area contributed by atoms with Crippen molar-refractivity contribution < 1.29 is 29.0 Å². The van der Waals surface area contributed by atoms with E-state index in [0.29, 0.717) is 52.8 Å². The molecule has 1 aliphatic rings. The van der Waals surface area contributed by atoms with Crippen molar-refractivity contribution in [2.24, 2.45) is 0 Å². The number of hydrogen-bond acceptors (Lipinski definition) is 9. The number of likely N-dealkylation sites (tertiary alicyclic amines) is 1. The minimum Gasteiger partial charge on any atom is -0.465 e. The molecular formula is C42H42N10O6. The van der Waals surface area contributed by atoms with Gasteiger partial charge in [-0.25, -0.2) is 29.5 Å². The first-order chi connectivity index (χ1) is 28.1. The molecule has 296 valence electrons. The summed E-state index contributed by atoms with van der Waals surface area (Å²) < 4.78 is 4.72. The molecular weight excluding hydrogens is 741 g/mol. The highest BCUT2D eigenvalue weighted by atomic mass is 16.5. The Morgan fingerprint density at radius 1 is 0.793 bits per heavy atom. The van der Waals surface area contributed by atoms with Gasteiger partial charge in [0.15, 0.2) is 5.82 Å². The van der Waals surface area contributed by atoms with Gasteiger partial charge in [-0.15, -0.1) is 0 Å². The summed E-state index contributed by atoms with van der Waals surface area (Å²) in [5, 5.41) is 15.3. The highest BCUT2D eigenvalue weighted by molar-refractivity contribution is 5.88. The van der Waals surface area contributed by atoms with Gasteiger partial charge in [0.1, 0.15) is 23.7 Å². The Labute approximate surface area is 333 Å². The van der Waals surface area contributed by atoms with Gasteiger partial charge in [-0.2, -0.15) is 0 Å². The number of amides is 4. The predicted molar refractivity (Wildman–Crippen MR) is 213 cm³/mol. The summed E-state index contributed by atoms with van der Waals surface area (Å²) in [4.78, 5) is 78.8. The van der Waals surface area contributed by atoms with E-state index in [4.69, 9.17) is 4.74 Å². The number of aromatic amines is 2. The van der Waals surface area contributed by atoms with E-state index in [1.54, 1.807) is 85.1 Å². The minimum atomic E-state index is -1.19. The molecule has 6 aromatic rings. The largest absolute Gasteiger partial charge is 0.465 e. The number of carboxylic acid groups (broad SMARTS) is 1. The highest BCUT2D eigenvalue weighted by Gasteiger charge is 2.39. The van der Waals surface area contributed by atoms with Crippen molar-refractivity contribution >= 4 is 24.0 Å². The van der Waals surface area contributed by atoms with Crippen molar-refractivity contribution in [2.75, 3.05) is 20.7 Å². The van der Waals surface area contributed by atoms with E-state index in [2.05, 4.69) is 40.5 Å². The van der Waals surface area contributed by atoms with Crippen LogP contribution in [-0.4, -0.2) is 89.5 Å². The SMILES string of the molecule is COC(=O)N[C@@H](C(=O)N[C@@H](C)c1ncc(-c2ccc(-c3ncc(-c4cnc([C@@H]5CCCN5C(=O)[C@@H](c5ccccc5)N(C)C(=O)O)[nH]4)cn3)cc2)[nH]1)c1ccccc1. The van der Waals surface area contributed by atoms with Gasteiger partial charge < -0.3 is 35.3 Å². The van der Waals surface area contributed by atoms with E-state index in [1.807, 2.05) is 36.4 Å². The van der Waals surface area contributed by atoms with E-state index < -0.39 is 36.2 Å². The Kier molecular flexibility index (Phi) is 11.5. The van der Waals surface area contributed by atoms with E-state index in [-0.39, 0.29) is 11.9 Å². The van der Waals surface area contributed by atoms with Crippen LogP contribution >= 0.6 is 0 Å². The fraction of sp³-hybridized carbons (Fsp3) is 0.238. The number of aromatic nitrogens is 6. The lowest BCUT2D eigenvalue weighted by Crippen LogP contribution is -2.43. The molecule has 0 bridgehead atoms. The zero-order valence-corrected chi connectivity index (χ0v) is 32.0. The van der Waals surface area contributed by atoms with Crippen LogP contribution in [0.2, 0.25) is 0 Å². The minimum absolute atomic E-state index is 0.301. The molecule has 5 N–H and O–H groups in total. The second-order valence-corrected chi connectivity index (χ2v) is 13.8. The molecule has 0 unspecified atom stereocenters. The van der Waals surface area contributed by atoms with Gasteiger partial charge in [0.05, 0.1) is 43.0 Å². The summed E-state index contributed by atoms with van der Waals surface area (Å²) in [6.07, 6.45) is 6.32. The number of imidazole rings is 2. The van der Waals surface area contributed by atoms with E-state index in [9.17, 15) is 24.3 Å². The van der Waals surface area contributed by atoms with Crippen LogP contribution in [0.25, 0.3) is 33.9 Å². The molecule has 4 atom stereocenters. The number of methoxy groups -OCH3 is 1. The van der Waals surface area contributed by atoms with Gasteiger partial charge in [0.2, 0.25) is 5.91 Å². The Bertz CT molecular complexity index is 2370. The molecule has 4 heterocycles. The summed E-state index contributed by atoms with van der Waals surface area (Å²) in [7, 11) is 2.65. The number of carbonyl (C=O) groups is 4. The Balaban J connectivity index is 0.996. The Hall–Kier alpha value is -7.36. The van der Waals surface area contributed by atoms with E-state index in [1.165, 1.54) is 14.2 Å². The third-order valence-corrected chi connectivity index (χ3v) is 10.1. The second-order valence-electron chi connectivity index (χ2n) is 13.8. The molecule has 16 nitrogen and oxygen atoms in total. The molecule has 0 aliphatic carbocycles. The van der Waals surface area contributed by atoms with Crippen molar-refractivity contribution in [3.63, 3.8) is 0 Å². The molecule has 1 aliphatic heterocycles. The highest BCUT2D eigenvalue weighted by Crippen LogP contribution is 2.35. The molecule has 1 fully saturated rings. The first-order valence-electron chi connectivity index (χ1n) is 18.6. The number of nitrogens with zero attached hydrogens (tertiary/aromatic N) is 6. The summed E-state index contributed by atoms with van der Waals surface area (Å²) in [5.41, 5.74) is 5.01. The number of likely N-dealkylation sites (N-methyl/N-ethyl adjacent to an activating group) is 1. The maximum absolute atomic E-state index is 13.9. The van der Waals surface area contributed by atoms with Gasteiger partial charge in [-0.3, -0.25) is 14.5 Å². The van der Waals surface area contributed by atoms with Crippen molar-refractivity contribution in [1.82, 2.24) is 50.3 Å². The molecule has 0 spiro atoms. The number of hydrogen-bond donors (Lipinski definition) is 5. The molecule has 3 aromatic heterocycles. The fourth-order valence-electron chi connectivity index (χ4n) is 7.01. The molecule has 4 amide bonds. The average Bonchev–Trinajstić information content (AvgIpc) is 4.06. The Morgan fingerprint density at radius 3 is 2.07 bits per heavy atom. The standard InChI is InChI=1S/C42H42N10O6/c1-25(47-39(53)34(50-41(55)58-3)27-11-6-4-7-12-27)36-45-23-31(48-36)26-16-18-29(19-17-26)37-43-21-30(22-44-37)32-24-46-38(49-32)33-15-10-20-52(33)40(54)35(51(2)42(56)57)28-13-8-5-9-14-28/h4-9,11-14,16-19,21-25,33-35H,10,15,20H2,1-3H3,(H,45,48)(H,46,49)(H,47,53)(H,50,55)(H,56,57)/t25-,33-,34+,35+/m0/s1. The van der Waals surface area contributed by atoms with Crippen LogP contribution in [-0.2, 0) is 14.3 Å². The molecule has 1 saturated heterocycles. The molecule has 0 saturated carbocycles. The summed E-state index contributed by atoms with van der Waals surface area (Å²) in [6, 6.07) is 22.7. The normalized spacial score (nSPS) is 15.2. The van der Waals surface area contributed by atoms with E-state index in [0.717, 1.165) is 28.1 Å². The molecule has 16 heteroatoms. The van der Waals surface area contributed by atoms with Crippen molar-refractivity contribution in [3.05, 3.63) is 132 Å². The first-order valence-corrected chi connectivity index (χ1v) is 18.6. The molecule has 58 heavy (non-hydrogen) atoms. The topological polar surface area (TPSA) is 211 Å². The monoisotopic (exact) mass is 782 g/mol. The second kappa shape index (κ2) is 17.2. The smallest absolute Gasteiger partial charge is 0.407 e. The predicted octanol–water partition coefficient (Wildman–Crippen LogP) is 6.21. The van der Waals surface area contributed by atoms with Crippen LogP contribution in [0.5, 0.6) is 0 Å². The number of nitrogens with one attached hydrogen (secondary N) is 4. The zero-order valence-electron chi connectivity index (χ0n) is 32.0. The number of alkyl carbamates (subject to hydrolysis) is 1. The fourth-order valence-corrected chi connectivity index (χ4v) is 7.01. The van der Waals surface area contributed by atoms with Crippen LogP contribution in [0.1, 0.15) is 66.7 Å². The maximum atomic E-state index is 13.9. The zero-order chi connectivity index (χ0) is 40.8. The Morgan fingerprint density at radius 2 is 1.41 bits per heavy atom. The number of carbonyl (C=O) groups excluding carboxylic acids is 3. The lowest BCUT2D eigenvalue weighted by Gasteiger charge is -2.32. The quantitative estimate of drug-likeness (QED) is 0.0947. The first kappa shape index (κ1) is 38.9. The molecule has 7 rings (SSSR count). The van der Waals surface area contributed by atoms with Gasteiger partial charge in [-0.1, -0.05) is 84.9 Å². The lowest BCUT2D eigenvalue weighted by molar-refractivity contribution is -0.137. The summed E-state index contributed by atoms with van der Waals surface area (Å²) in [6.45, 7) is 2.28. The van der Waals surface area contributed by atoms with Gasteiger partial charge in [0.25, 0.3) is 5.91 Å². The summed E-state index contributed by atoms with van der Waals surface area (Å²) in [5.74, 6) is 0.943. The third-order valence-electron chi connectivity index (χ3n) is 10.1. The van der Waals surface area contributed by atoms with Crippen molar-refractivity contribution in [1.29, 1.82) is 0 Å². The van der Waals surface area contributed by atoms with Gasteiger partial charge in [-0.05, 0) is 36.5 Å². The number of benzene rings is 3. The average molecular weight is 783 g/mol.